The molecule has 0 unspecified atom stereocenters. The van der Waals surface area contributed by atoms with Gasteiger partial charge in [0.15, 0.2) is 0 Å². The van der Waals surface area contributed by atoms with Crippen LogP contribution in [-0.4, -0.2) is 0 Å². The van der Waals surface area contributed by atoms with E-state index in [1.165, 1.54) is 0 Å². The van der Waals surface area contributed by atoms with Crippen molar-refractivity contribution in [3.8, 4) is 22.3 Å². The Balaban J connectivity index is 0.000000240. The summed E-state index contributed by atoms with van der Waals surface area (Å²) in [5, 5.41) is 0. The lowest BCUT2D eigenvalue weighted by molar-refractivity contribution is -0.139. The summed E-state index contributed by atoms with van der Waals surface area (Å²) >= 11 is 0. The van der Waals surface area contributed by atoms with Crippen molar-refractivity contribution in [2.45, 2.75) is 24.7 Å². The highest BCUT2D eigenvalue weighted by atomic mass is 19.4. The van der Waals surface area contributed by atoms with Crippen molar-refractivity contribution in [2.75, 3.05) is 22.9 Å². The number of benzene rings is 4. The first kappa shape index (κ1) is 33.7. The summed E-state index contributed by atoms with van der Waals surface area (Å²) in [6, 6.07) is 10.5. The Kier molecular flexibility index (Phi) is 8.99. The molecule has 0 bridgehead atoms. The molecular formula is C28H20F12N4. The second kappa shape index (κ2) is 11.7. The standard InChI is InChI=1S/2C14H10F6N2/c2*15-13(16,17)11-5-7(21)1-3-9(11)10-4-2-8(22)6-12(10)14(18,19)20/h2*1-6H,21-22H2. The van der Waals surface area contributed by atoms with Crippen LogP contribution in [0.4, 0.5) is 75.4 Å². The summed E-state index contributed by atoms with van der Waals surface area (Å²) in [4.78, 5) is 0. The molecule has 4 rings (SSSR count). The molecule has 0 aliphatic heterocycles. The Hall–Kier alpha value is -4.76. The lowest BCUT2D eigenvalue weighted by atomic mass is 9.94. The van der Waals surface area contributed by atoms with Gasteiger partial charge < -0.3 is 22.9 Å². The Morgan fingerprint density at radius 2 is 0.455 bits per heavy atom. The molecule has 0 heterocycles. The van der Waals surface area contributed by atoms with E-state index in [-0.39, 0.29) is 22.7 Å². The van der Waals surface area contributed by atoms with Crippen LogP contribution in [0.2, 0.25) is 0 Å². The van der Waals surface area contributed by atoms with Crippen LogP contribution in [-0.2, 0) is 24.7 Å². The molecule has 44 heavy (non-hydrogen) atoms. The van der Waals surface area contributed by atoms with E-state index in [9.17, 15) is 52.7 Å². The normalized spacial score (nSPS) is 12.5. The monoisotopic (exact) mass is 640 g/mol. The average molecular weight is 640 g/mol. The van der Waals surface area contributed by atoms with Gasteiger partial charge in [-0.2, -0.15) is 52.7 Å². The van der Waals surface area contributed by atoms with Gasteiger partial charge in [0.2, 0.25) is 0 Å². The number of alkyl halides is 12. The lowest BCUT2D eigenvalue weighted by Gasteiger charge is -2.18. The van der Waals surface area contributed by atoms with E-state index >= 15 is 0 Å². The molecule has 8 N–H and O–H groups in total. The maximum Gasteiger partial charge on any atom is 0.417 e. The molecule has 0 amide bonds. The molecule has 0 saturated carbocycles. The quantitative estimate of drug-likeness (QED) is 0.130. The summed E-state index contributed by atoms with van der Waals surface area (Å²) in [6.45, 7) is 0. The number of nitrogens with two attached hydrogens (primary N) is 4. The lowest BCUT2D eigenvalue weighted by Crippen LogP contribution is -2.12. The highest BCUT2D eigenvalue weighted by Crippen LogP contribution is 2.45. The number of anilines is 4. The van der Waals surface area contributed by atoms with Gasteiger partial charge in [0, 0.05) is 22.7 Å². The van der Waals surface area contributed by atoms with Crippen molar-refractivity contribution in [3.63, 3.8) is 0 Å². The van der Waals surface area contributed by atoms with E-state index in [0.29, 0.717) is 24.3 Å². The minimum Gasteiger partial charge on any atom is -0.399 e. The third-order valence-corrected chi connectivity index (χ3v) is 5.98. The average Bonchev–Trinajstić information content (AvgIpc) is 2.87. The SMILES string of the molecule is Nc1ccc(-c2ccc(N)cc2C(F)(F)F)c(C(F)(F)F)c1.Nc1ccc(-c2ccc(N)cc2C(F)(F)F)c(C(F)(F)F)c1. The van der Waals surface area contributed by atoms with Crippen molar-refractivity contribution in [2.24, 2.45) is 0 Å². The van der Waals surface area contributed by atoms with Gasteiger partial charge in [-0.1, -0.05) is 24.3 Å². The summed E-state index contributed by atoms with van der Waals surface area (Å²) in [5.41, 5.74) is 13.1. The first-order valence-corrected chi connectivity index (χ1v) is 11.9. The molecule has 0 saturated heterocycles. The molecule has 16 heteroatoms. The number of hydrogen-bond acceptors (Lipinski definition) is 4. The molecule has 0 radical (unpaired) electrons. The maximum atomic E-state index is 13.1. The van der Waals surface area contributed by atoms with Crippen molar-refractivity contribution in [1.82, 2.24) is 0 Å². The fourth-order valence-corrected chi connectivity index (χ4v) is 4.13. The van der Waals surface area contributed by atoms with E-state index in [0.717, 1.165) is 48.5 Å². The van der Waals surface area contributed by atoms with Crippen LogP contribution in [0.25, 0.3) is 22.3 Å². The van der Waals surface area contributed by atoms with Gasteiger partial charge in [-0.05, 0) is 70.8 Å². The number of rotatable bonds is 2. The van der Waals surface area contributed by atoms with Gasteiger partial charge in [-0.25, -0.2) is 0 Å². The van der Waals surface area contributed by atoms with Crippen LogP contribution in [0.5, 0.6) is 0 Å². The van der Waals surface area contributed by atoms with E-state index in [4.69, 9.17) is 22.9 Å². The second-order valence-corrected chi connectivity index (χ2v) is 9.21. The molecule has 4 nitrogen and oxygen atoms in total. The molecule has 4 aromatic carbocycles. The number of hydrogen-bond donors (Lipinski definition) is 4. The molecule has 0 aliphatic rings. The molecule has 0 aromatic heterocycles. The van der Waals surface area contributed by atoms with Crippen LogP contribution in [0.3, 0.4) is 0 Å². The third-order valence-electron chi connectivity index (χ3n) is 5.98. The maximum absolute atomic E-state index is 13.1. The number of halogens is 12. The van der Waals surface area contributed by atoms with Gasteiger partial charge in [-0.3, -0.25) is 0 Å². The number of nitrogen functional groups attached to an aromatic ring is 4. The predicted octanol–water partition coefficient (Wildman–Crippen LogP) is 9.11. The van der Waals surface area contributed by atoms with Crippen molar-refractivity contribution in [3.05, 3.63) is 95.1 Å². The minimum absolute atomic E-state index is 0.194. The second-order valence-electron chi connectivity index (χ2n) is 9.21. The molecule has 236 valence electrons. The van der Waals surface area contributed by atoms with Gasteiger partial charge in [0.1, 0.15) is 0 Å². The predicted molar refractivity (Wildman–Crippen MR) is 141 cm³/mol. The fourth-order valence-electron chi connectivity index (χ4n) is 4.13. The zero-order chi connectivity index (χ0) is 33.4. The van der Waals surface area contributed by atoms with Crippen LogP contribution in [0, 0.1) is 0 Å². The summed E-state index contributed by atoms with van der Waals surface area (Å²) in [6.07, 6.45) is -19.4. The Labute approximate surface area is 240 Å². The Morgan fingerprint density at radius 3 is 0.591 bits per heavy atom. The van der Waals surface area contributed by atoms with E-state index in [1.54, 1.807) is 0 Å². The van der Waals surface area contributed by atoms with Crippen LogP contribution in [0.1, 0.15) is 22.3 Å². The summed E-state index contributed by atoms with van der Waals surface area (Å²) in [5.74, 6) is 0. The summed E-state index contributed by atoms with van der Waals surface area (Å²) in [7, 11) is 0. The minimum atomic E-state index is -4.84. The molecular weight excluding hydrogens is 620 g/mol. The highest BCUT2D eigenvalue weighted by Gasteiger charge is 2.40. The first-order valence-electron chi connectivity index (χ1n) is 11.9. The van der Waals surface area contributed by atoms with Gasteiger partial charge >= 0.3 is 24.7 Å². The van der Waals surface area contributed by atoms with Gasteiger partial charge in [0.25, 0.3) is 0 Å². The molecule has 0 aliphatic carbocycles. The smallest absolute Gasteiger partial charge is 0.399 e. The molecule has 4 aromatic rings. The Bertz CT molecular complexity index is 1410. The van der Waals surface area contributed by atoms with E-state index in [1.807, 2.05) is 0 Å². The van der Waals surface area contributed by atoms with E-state index < -0.39 is 69.2 Å². The zero-order valence-corrected chi connectivity index (χ0v) is 21.8. The highest BCUT2D eigenvalue weighted by molar-refractivity contribution is 5.76. The zero-order valence-electron chi connectivity index (χ0n) is 21.8. The van der Waals surface area contributed by atoms with Crippen molar-refractivity contribution in [1.29, 1.82) is 0 Å². The van der Waals surface area contributed by atoms with Crippen molar-refractivity contribution >= 4 is 22.7 Å². The van der Waals surface area contributed by atoms with Crippen LogP contribution < -0.4 is 22.9 Å². The van der Waals surface area contributed by atoms with Crippen LogP contribution in [0.15, 0.2) is 72.8 Å². The summed E-state index contributed by atoms with van der Waals surface area (Å²) < 4.78 is 157. The molecule has 0 fully saturated rings. The fraction of sp³-hybridized carbons (Fsp3) is 0.143. The first-order chi connectivity index (χ1) is 20.0. The van der Waals surface area contributed by atoms with E-state index in [2.05, 4.69) is 0 Å². The van der Waals surface area contributed by atoms with Gasteiger partial charge in [0.05, 0.1) is 22.3 Å². The topological polar surface area (TPSA) is 104 Å². The van der Waals surface area contributed by atoms with Crippen LogP contribution >= 0.6 is 0 Å². The molecule has 0 spiro atoms. The third kappa shape index (κ3) is 7.79. The Morgan fingerprint density at radius 1 is 0.295 bits per heavy atom. The molecule has 0 atom stereocenters. The largest absolute Gasteiger partial charge is 0.417 e. The van der Waals surface area contributed by atoms with Gasteiger partial charge in [-0.15, -0.1) is 0 Å². The van der Waals surface area contributed by atoms with Crippen molar-refractivity contribution < 1.29 is 52.7 Å².